The third-order valence-corrected chi connectivity index (χ3v) is 13.7. The molecule has 0 bridgehead atoms. The number of aromatic nitrogens is 1. The van der Waals surface area contributed by atoms with Crippen molar-refractivity contribution in [1.29, 1.82) is 0 Å². The van der Waals surface area contributed by atoms with Crippen LogP contribution in [-0.2, 0) is 0 Å². The Morgan fingerprint density at radius 2 is 1.05 bits per heavy atom. The monoisotopic (exact) mass is 802 g/mol. The molecule has 0 amide bonds. The van der Waals surface area contributed by atoms with Crippen LogP contribution in [0.15, 0.2) is 211 Å². The lowest BCUT2D eigenvalue weighted by atomic mass is 9.95. The predicted molar refractivity (Wildman–Crippen MR) is 256 cm³/mol. The third-order valence-electron chi connectivity index (χ3n) is 11.5. The molecule has 0 spiro atoms. The van der Waals surface area contributed by atoms with Gasteiger partial charge >= 0.3 is 0 Å². The molecule has 5 heteroatoms. The first-order chi connectivity index (χ1) is 29.7. The van der Waals surface area contributed by atoms with E-state index in [1.165, 1.54) is 31.3 Å². The highest BCUT2D eigenvalue weighted by atomic mass is 32.1. The van der Waals surface area contributed by atoms with Crippen molar-refractivity contribution in [3.63, 3.8) is 0 Å². The van der Waals surface area contributed by atoms with E-state index in [1.54, 1.807) is 11.3 Å². The summed E-state index contributed by atoms with van der Waals surface area (Å²) >= 11 is 3.57. The molecule has 0 aliphatic carbocycles. The van der Waals surface area contributed by atoms with Crippen molar-refractivity contribution in [2.45, 2.75) is 0 Å². The molecule has 0 unspecified atom stereocenters. The Hall–Kier alpha value is -7.31. The van der Waals surface area contributed by atoms with E-state index in [4.69, 9.17) is 9.40 Å². The Balaban J connectivity index is 1.05. The molecule has 3 heterocycles. The van der Waals surface area contributed by atoms with Crippen LogP contribution in [0, 0.1) is 0 Å². The second-order valence-electron chi connectivity index (χ2n) is 15.1. The number of hydrogen-bond donors (Lipinski definition) is 0. The number of furan rings is 1. The minimum atomic E-state index is 0.843. The van der Waals surface area contributed by atoms with Crippen LogP contribution in [0.5, 0.6) is 0 Å². The number of hydrogen-bond acceptors (Lipinski definition) is 5. The zero-order valence-electron chi connectivity index (χ0n) is 32.2. The molecule has 0 saturated heterocycles. The fraction of sp³-hybridized carbons (Fsp3) is 0. The van der Waals surface area contributed by atoms with Crippen molar-refractivity contribution in [3.8, 4) is 44.0 Å². The molecule has 9 aromatic carbocycles. The molecule has 60 heavy (non-hydrogen) atoms. The second kappa shape index (κ2) is 14.2. The van der Waals surface area contributed by atoms with Gasteiger partial charge in [-0.15, -0.1) is 22.7 Å². The fourth-order valence-electron chi connectivity index (χ4n) is 8.68. The molecule has 0 fully saturated rings. The summed E-state index contributed by atoms with van der Waals surface area (Å²) in [5.74, 6) is 0. The number of rotatable bonds is 7. The van der Waals surface area contributed by atoms with Crippen LogP contribution in [0.3, 0.4) is 0 Å². The van der Waals surface area contributed by atoms with E-state index in [0.29, 0.717) is 0 Å². The summed E-state index contributed by atoms with van der Waals surface area (Å²) in [6.45, 7) is 0. The van der Waals surface area contributed by atoms with Crippen molar-refractivity contribution in [3.05, 3.63) is 206 Å². The summed E-state index contributed by atoms with van der Waals surface area (Å²) in [6, 6.07) is 74.0. The van der Waals surface area contributed by atoms with E-state index in [-0.39, 0.29) is 0 Å². The standard InChI is InChI=1S/C55H34N2OS2/c1-4-14-35(15-5-1)36-26-29-40(30-27-36)57(48-23-13-25-51-53(48)43-20-10-11-24-50(43)59-51)47-31-28-39(32-44(47)37-16-6-2-7-17-37)41-21-12-22-42-45-33-52-46(34-49(45)58-54(41)42)56-55(60-52)38-18-8-3-9-19-38/h1-34H. The van der Waals surface area contributed by atoms with Gasteiger partial charge in [0.05, 0.1) is 21.6 Å². The van der Waals surface area contributed by atoms with Gasteiger partial charge in [0.2, 0.25) is 0 Å². The van der Waals surface area contributed by atoms with Gasteiger partial charge in [0.25, 0.3) is 0 Å². The van der Waals surface area contributed by atoms with Crippen LogP contribution in [0.1, 0.15) is 0 Å². The SMILES string of the molecule is c1ccc(-c2ccc(N(c3ccc(-c4cccc5c4oc4cc6nc(-c7ccccc7)sc6cc45)cc3-c3ccccc3)c3cccc4sc5ccccc5c34)cc2)cc1. The molecule has 0 aliphatic rings. The average Bonchev–Trinajstić information content (AvgIpc) is 4.03. The van der Waals surface area contributed by atoms with Crippen molar-refractivity contribution in [2.75, 3.05) is 4.90 Å². The van der Waals surface area contributed by atoms with Gasteiger partial charge < -0.3 is 9.32 Å². The molecule has 3 aromatic heterocycles. The smallest absolute Gasteiger partial charge is 0.143 e. The van der Waals surface area contributed by atoms with Gasteiger partial charge in [-0.05, 0) is 70.8 Å². The van der Waals surface area contributed by atoms with Crippen molar-refractivity contribution < 1.29 is 4.42 Å². The topological polar surface area (TPSA) is 29.3 Å². The first-order valence-electron chi connectivity index (χ1n) is 20.1. The van der Waals surface area contributed by atoms with Gasteiger partial charge in [0.1, 0.15) is 16.2 Å². The van der Waals surface area contributed by atoms with E-state index in [1.807, 2.05) is 17.4 Å². The van der Waals surface area contributed by atoms with Gasteiger partial charge in [-0.2, -0.15) is 0 Å². The average molecular weight is 803 g/mol. The van der Waals surface area contributed by atoms with Crippen molar-refractivity contribution >= 4 is 92.1 Å². The Bertz CT molecular complexity index is 3530. The summed E-state index contributed by atoms with van der Waals surface area (Å²) in [5, 5.41) is 5.73. The highest BCUT2D eigenvalue weighted by Crippen LogP contribution is 2.49. The molecule has 0 aliphatic heterocycles. The summed E-state index contributed by atoms with van der Waals surface area (Å²) in [5.41, 5.74) is 13.9. The summed E-state index contributed by atoms with van der Waals surface area (Å²) in [7, 11) is 0. The summed E-state index contributed by atoms with van der Waals surface area (Å²) in [6.07, 6.45) is 0. The van der Waals surface area contributed by atoms with E-state index in [9.17, 15) is 0 Å². The number of anilines is 3. The molecule has 0 atom stereocenters. The molecule has 0 N–H and O–H groups in total. The van der Waals surface area contributed by atoms with Gasteiger partial charge in [-0.1, -0.05) is 152 Å². The molecule has 0 saturated carbocycles. The zero-order chi connectivity index (χ0) is 39.6. The van der Waals surface area contributed by atoms with Crippen LogP contribution in [0.2, 0.25) is 0 Å². The van der Waals surface area contributed by atoms with Gasteiger partial charge in [0, 0.05) is 59.4 Å². The number of fused-ring (bicyclic) bond motifs is 7. The minimum absolute atomic E-state index is 0.843. The van der Waals surface area contributed by atoms with Crippen LogP contribution < -0.4 is 4.90 Å². The highest BCUT2D eigenvalue weighted by molar-refractivity contribution is 7.26. The first kappa shape index (κ1) is 34.7. The number of para-hydroxylation sites is 1. The van der Waals surface area contributed by atoms with E-state index in [2.05, 4.69) is 205 Å². The van der Waals surface area contributed by atoms with Crippen LogP contribution in [0.4, 0.5) is 17.1 Å². The maximum absolute atomic E-state index is 6.81. The highest BCUT2D eigenvalue weighted by Gasteiger charge is 2.23. The minimum Gasteiger partial charge on any atom is -0.455 e. The lowest BCUT2D eigenvalue weighted by molar-refractivity contribution is 0.670. The maximum atomic E-state index is 6.81. The third kappa shape index (κ3) is 5.82. The lowest BCUT2D eigenvalue weighted by Gasteiger charge is -2.29. The Kier molecular flexibility index (Phi) is 8.22. The zero-order valence-corrected chi connectivity index (χ0v) is 33.9. The second-order valence-corrected chi connectivity index (χ2v) is 17.2. The number of thiazole rings is 1. The Labute approximate surface area is 354 Å². The van der Waals surface area contributed by atoms with Crippen molar-refractivity contribution in [1.82, 2.24) is 4.98 Å². The predicted octanol–water partition coefficient (Wildman–Crippen LogP) is 16.7. The number of thiophene rings is 1. The lowest BCUT2D eigenvalue weighted by Crippen LogP contribution is -2.11. The molecule has 282 valence electrons. The number of benzene rings is 9. The molecule has 12 aromatic rings. The molecule has 0 radical (unpaired) electrons. The number of nitrogens with zero attached hydrogens (tertiary/aromatic N) is 2. The van der Waals surface area contributed by atoms with Gasteiger partial charge in [0.15, 0.2) is 0 Å². The van der Waals surface area contributed by atoms with E-state index >= 15 is 0 Å². The fourth-order valence-corrected chi connectivity index (χ4v) is 10.8. The molecular formula is C55H34N2OS2. The Morgan fingerprint density at radius 1 is 0.400 bits per heavy atom. The van der Waals surface area contributed by atoms with Crippen molar-refractivity contribution in [2.24, 2.45) is 0 Å². The van der Waals surface area contributed by atoms with E-state index in [0.717, 1.165) is 82.0 Å². The van der Waals surface area contributed by atoms with Crippen LogP contribution in [-0.4, -0.2) is 4.98 Å². The normalized spacial score (nSPS) is 11.7. The van der Waals surface area contributed by atoms with Crippen LogP contribution in [0.25, 0.3) is 96.3 Å². The van der Waals surface area contributed by atoms with E-state index < -0.39 is 0 Å². The van der Waals surface area contributed by atoms with Gasteiger partial charge in [-0.25, -0.2) is 4.98 Å². The molecule has 12 rings (SSSR count). The molecule has 3 nitrogen and oxygen atoms in total. The first-order valence-corrected chi connectivity index (χ1v) is 21.7. The summed E-state index contributed by atoms with van der Waals surface area (Å²) < 4.78 is 10.5. The van der Waals surface area contributed by atoms with Gasteiger partial charge in [-0.3, -0.25) is 0 Å². The largest absolute Gasteiger partial charge is 0.455 e. The maximum Gasteiger partial charge on any atom is 0.143 e. The summed E-state index contributed by atoms with van der Waals surface area (Å²) in [4.78, 5) is 7.46. The Morgan fingerprint density at radius 3 is 1.85 bits per heavy atom. The quantitative estimate of drug-likeness (QED) is 0.161. The molecular weight excluding hydrogens is 769 g/mol. The van der Waals surface area contributed by atoms with Crippen LogP contribution >= 0.6 is 22.7 Å².